The molecule has 0 aromatic heterocycles. The number of hydrogen-bond acceptors (Lipinski definition) is 11. The molecule has 0 unspecified atom stereocenters. The van der Waals surface area contributed by atoms with Gasteiger partial charge in [0.1, 0.15) is 23.0 Å². The molecule has 0 atom stereocenters. The second kappa shape index (κ2) is 13.5. The van der Waals surface area contributed by atoms with Crippen LogP contribution in [0.25, 0.3) is 0 Å². The number of carbonyl (C=O) groups is 1. The Morgan fingerprint density at radius 2 is 0.824 bits per heavy atom. The van der Waals surface area contributed by atoms with Gasteiger partial charge in [-0.1, -0.05) is 0 Å². The fourth-order valence-electron chi connectivity index (χ4n) is 2.42. The molecule has 0 aliphatic carbocycles. The molecule has 0 heterocycles. The number of hydrogen-bond donors (Lipinski definition) is 0. The van der Waals surface area contributed by atoms with E-state index in [2.05, 4.69) is 0 Å². The van der Waals surface area contributed by atoms with Crippen molar-refractivity contribution in [1.29, 1.82) is 0 Å². The summed E-state index contributed by atoms with van der Waals surface area (Å²) in [5, 5.41) is 0. The average Bonchev–Trinajstić information content (AvgIpc) is 2.77. The van der Waals surface area contributed by atoms with E-state index in [-0.39, 0.29) is 49.4 Å². The van der Waals surface area contributed by atoms with Gasteiger partial charge in [-0.05, 0) is 76.2 Å². The molecule has 0 aliphatic rings. The SMILES string of the molecule is CCOP(=O)(OCC)Oc1ccc(OC(=O)Oc2ccc(OP(=O)(OCC)OCC)cc2)cc1. The Morgan fingerprint density at radius 3 is 1.09 bits per heavy atom. The third-order valence-corrected chi connectivity index (χ3v) is 6.80. The van der Waals surface area contributed by atoms with Crippen molar-refractivity contribution < 1.29 is 50.5 Å². The molecule has 11 nitrogen and oxygen atoms in total. The van der Waals surface area contributed by atoms with Crippen LogP contribution < -0.4 is 18.5 Å². The molecule has 2 rings (SSSR count). The molecule has 0 radical (unpaired) electrons. The maximum absolute atomic E-state index is 12.4. The summed E-state index contributed by atoms with van der Waals surface area (Å²) in [6.45, 7) is 7.25. The highest BCUT2D eigenvalue weighted by Gasteiger charge is 2.28. The third-order valence-electron chi connectivity index (χ3n) is 3.63. The molecule has 2 aromatic carbocycles. The fraction of sp³-hybridized carbons (Fsp3) is 0.381. The summed E-state index contributed by atoms with van der Waals surface area (Å²) in [6, 6.07) is 11.5. The standard InChI is InChI=1S/C21H28O11P2/c1-5-25-33(23,26-6-2)31-19-13-9-17(10-14-19)29-21(22)30-18-11-15-20(16-12-18)32-34(24,27-7-3)28-8-4/h9-16H,5-8H2,1-4H3. The second-order valence-corrected chi connectivity index (χ2v) is 9.33. The Balaban J connectivity index is 1.93. The lowest BCUT2D eigenvalue weighted by Crippen LogP contribution is -2.13. The fourth-order valence-corrected chi connectivity index (χ4v) is 4.81. The van der Waals surface area contributed by atoms with Crippen molar-refractivity contribution in [1.82, 2.24) is 0 Å². The minimum Gasteiger partial charge on any atom is -0.404 e. The van der Waals surface area contributed by atoms with Crippen LogP contribution in [0.3, 0.4) is 0 Å². The number of phosphoric ester groups is 2. The van der Waals surface area contributed by atoms with Crippen LogP contribution in [0, 0.1) is 0 Å². The molecule has 0 bridgehead atoms. The van der Waals surface area contributed by atoms with Crippen LogP contribution in [0.5, 0.6) is 23.0 Å². The van der Waals surface area contributed by atoms with Crippen LogP contribution in [0.4, 0.5) is 4.79 Å². The molecule has 0 aliphatic heterocycles. The molecule has 0 N–H and O–H groups in total. The molecular formula is C21H28O11P2. The van der Waals surface area contributed by atoms with Crippen molar-refractivity contribution in [2.75, 3.05) is 26.4 Å². The summed E-state index contributed by atoms with van der Waals surface area (Å²) in [5.74, 6) is 0.736. The summed E-state index contributed by atoms with van der Waals surface area (Å²) < 4.78 is 65.9. The van der Waals surface area contributed by atoms with E-state index in [0.29, 0.717) is 0 Å². The Kier molecular flexibility index (Phi) is 11.0. The van der Waals surface area contributed by atoms with Gasteiger partial charge in [0, 0.05) is 0 Å². The van der Waals surface area contributed by atoms with Gasteiger partial charge in [-0.2, -0.15) is 0 Å². The van der Waals surface area contributed by atoms with Crippen LogP contribution in [-0.4, -0.2) is 32.6 Å². The average molecular weight is 518 g/mol. The summed E-state index contributed by atoms with van der Waals surface area (Å²) in [5.41, 5.74) is 0. The predicted molar refractivity (Wildman–Crippen MR) is 123 cm³/mol. The highest BCUT2D eigenvalue weighted by molar-refractivity contribution is 7.49. The van der Waals surface area contributed by atoms with Gasteiger partial charge in [0.15, 0.2) is 0 Å². The van der Waals surface area contributed by atoms with Gasteiger partial charge < -0.3 is 18.5 Å². The normalized spacial score (nSPS) is 11.6. The van der Waals surface area contributed by atoms with E-state index in [4.69, 9.17) is 36.6 Å². The highest BCUT2D eigenvalue weighted by Crippen LogP contribution is 2.50. The molecule has 34 heavy (non-hydrogen) atoms. The zero-order chi connectivity index (χ0) is 25.0. The van der Waals surface area contributed by atoms with Gasteiger partial charge in [-0.15, -0.1) is 0 Å². The lowest BCUT2D eigenvalue weighted by atomic mass is 10.3. The molecule has 13 heteroatoms. The van der Waals surface area contributed by atoms with E-state index in [1.54, 1.807) is 27.7 Å². The third kappa shape index (κ3) is 9.10. The van der Waals surface area contributed by atoms with Gasteiger partial charge >= 0.3 is 21.8 Å². The number of carbonyl (C=O) groups excluding carboxylic acids is 1. The number of benzene rings is 2. The van der Waals surface area contributed by atoms with Crippen LogP contribution in [0.2, 0.25) is 0 Å². The molecule has 0 amide bonds. The van der Waals surface area contributed by atoms with Gasteiger partial charge in [-0.25, -0.2) is 13.9 Å². The Labute approximate surface area is 198 Å². The van der Waals surface area contributed by atoms with E-state index < -0.39 is 21.8 Å². The molecule has 0 saturated carbocycles. The van der Waals surface area contributed by atoms with Crippen LogP contribution in [-0.2, 0) is 27.2 Å². The topological polar surface area (TPSA) is 125 Å². The monoisotopic (exact) mass is 518 g/mol. The summed E-state index contributed by atoms with van der Waals surface area (Å²) >= 11 is 0. The Morgan fingerprint density at radius 1 is 0.559 bits per heavy atom. The minimum atomic E-state index is -3.73. The largest absolute Gasteiger partial charge is 0.530 e. The van der Waals surface area contributed by atoms with E-state index >= 15 is 0 Å². The maximum Gasteiger partial charge on any atom is 0.530 e. The van der Waals surface area contributed by atoms with Gasteiger partial charge in [-0.3, -0.25) is 18.1 Å². The van der Waals surface area contributed by atoms with Gasteiger partial charge in [0.25, 0.3) is 0 Å². The van der Waals surface area contributed by atoms with Crippen molar-refractivity contribution in [2.24, 2.45) is 0 Å². The molecule has 0 spiro atoms. The summed E-state index contributed by atoms with van der Waals surface area (Å²) in [7, 11) is -7.46. The Bertz CT molecular complexity index is 893. The van der Waals surface area contributed by atoms with Crippen LogP contribution in [0.1, 0.15) is 27.7 Å². The maximum atomic E-state index is 12.4. The molecular weight excluding hydrogens is 490 g/mol. The molecule has 0 fully saturated rings. The highest BCUT2D eigenvalue weighted by atomic mass is 31.2. The quantitative estimate of drug-likeness (QED) is 0.157. The zero-order valence-corrected chi connectivity index (χ0v) is 21.1. The lowest BCUT2D eigenvalue weighted by Gasteiger charge is -2.17. The van der Waals surface area contributed by atoms with Gasteiger partial charge in [0.2, 0.25) is 0 Å². The first-order valence-electron chi connectivity index (χ1n) is 10.5. The number of rotatable bonds is 14. The predicted octanol–water partition coefficient (Wildman–Crippen LogP) is 6.38. The van der Waals surface area contributed by atoms with E-state index in [9.17, 15) is 13.9 Å². The van der Waals surface area contributed by atoms with Crippen molar-refractivity contribution in [3.05, 3.63) is 48.5 Å². The van der Waals surface area contributed by atoms with E-state index in [1.165, 1.54) is 48.5 Å². The Hall–Kier alpha value is -2.39. The molecule has 0 saturated heterocycles. The van der Waals surface area contributed by atoms with E-state index in [0.717, 1.165) is 0 Å². The van der Waals surface area contributed by atoms with Gasteiger partial charge in [0.05, 0.1) is 26.4 Å². The van der Waals surface area contributed by atoms with Crippen molar-refractivity contribution >= 4 is 21.8 Å². The first-order valence-corrected chi connectivity index (χ1v) is 13.4. The van der Waals surface area contributed by atoms with Crippen LogP contribution in [0.15, 0.2) is 48.5 Å². The van der Waals surface area contributed by atoms with Crippen molar-refractivity contribution in [2.45, 2.75) is 27.7 Å². The summed E-state index contributed by atoms with van der Waals surface area (Å²) in [6.07, 6.45) is -0.994. The molecule has 2 aromatic rings. The zero-order valence-electron chi connectivity index (χ0n) is 19.3. The van der Waals surface area contributed by atoms with E-state index in [1.807, 2.05) is 0 Å². The minimum absolute atomic E-state index is 0.149. The van der Waals surface area contributed by atoms with Crippen LogP contribution >= 0.6 is 15.6 Å². The summed E-state index contributed by atoms with van der Waals surface area (Å²) in [4.78, 5) is 12.1. The van der Waals surface area contributed by atoms with Crippen molar-refractivity contribution in [3.8, 4) is 23.0 Å². The molecule has 188 valence electrons. The first-order chi connectivity index (χ1) is 16.2. The smallest absolute Gasteiger partial charge is 0.404 e. The van der Waals surface area contributed by atoms with Crippen molar-refractivity contribution in [3.63, 3.8) is 0 Å². The number of phosphoric acid groups is 2. The number of ether oxygens (including phenoxy) is 2. The lowest BCUT2D eigenvalue weighted by molar-refractivity contribution is 0.151. The second-order valence-electron chi connectivity index (χ2n) is 6.15. The first kappa shape index (κ1) is 27.9.